The van der Waals surface area contributed by atoms with Crippen LogP contribution in [0.4, 0.5) is 0 Å². The van der Waals surface area contributed by atoms with Crippen molar-refractivity contribution in [1.82, 2.24) is 10.6 Å². The second-order valence-electron chi connectivity index (χ2n) is 7.78. The molecule has 0 saturated carbocycles. The fourth-order valence-electron chi connectivity index (χ4n) is 4.24. The van der Waals surface area contributed by atoms with E-state index in [0.717, 1.165) is 75.6 Å². The van der Waals surface area contributed by atoms with Crippen LogP contribution in [0.1, 0.15) is 36.8 Å². The molecule has 2 saturated heterocycles. The van der Waals surface area contributed by atoms with Crippen LogP contribution in [0.25, 0.3) is 0 Å². The number of benzene rings is 2. The van der Waals surface area contributed by atoms with Crippen molar-refractivity contribution in [3.63, 3.8) is 0 Å². The van der Waals surface area contributed by atoms with Crippen molar-refractivity contribution >= 4 is 46.5 Å². The van der Waals surface area contributed by atoms with Crippen molar-refractivity contribution in [1.29, 1.82) is 0 Å². The first-order valence-corrected chi connectivity index (χ1v) is 10.2. The standard InChI is InChI=1S/2C12H15NO.2BrH.H2O/c2*14-10-12(6-8-13-9-7-12)11-4-2-1-3-5-11;;;/h2*1-5,10,13H,6-9H2;2*1H;1H2. The lowest BCUT2D eigenvalue weighted by atomic mass is 9.74. The van der Waals surface area contributed by atoms with Crippen molar-refractivity contribution in [3.05, 3.63) is 71.8 Å². The Hall–Kier alpha value is -1.38. The van der Waals surface area contributed by atoms with Crippen LogP contribution in [0.5, 0.6) is 0 Å². The highest BCUT2D eigenvalue weighted by molar-refractivity contribution is 8.93. The number of hydrogen-bond acceptors (Lipinski definition) is 4. The van der Waals surface area contributed by atoms with Crippen molar-refractivity contribution in [2.75, 3.05) is 26.2 Å². The van der Waals surface area contributed by atoms with Crippen LogP contribution in [0, 0.1) is 0 Å². The minimum atomic E-state index is -0.230. The molecule has 0 bridgehead atoms. The first kappa shape index (κ1) is 29.6. The normalized spacial score (nSPS) is 18.3. The summed E-state index contributed by atoms with van der Waals surface area (Å²) < 4.78 is 0. The minimum Gasteiger partial charge on any atom is -0.412 e. The predicted octanol–water partition coefficient (Wildman–Crippen LogP) is 3.34. The average molecular weight is 558 g/mol. The Morgan fingerprint density at radius 2 is 0.871 bits per heavy atom. The molecule has 5 nitrogen and oxygen atoms in total. The molecule has 4 N–H and O–H groups in total. The second-order valence-corrected chi connectivity index (χ2v) is 7.78. The summed E-state index contributed by atoms with van der Waals surface area (Å²) in [4.78, 5) is 22.5. The monoisotopic (exact) mass is 556 g/mol. The van der Waals surface area contributed by atoms with E-state index in [2.05, 4.69) is 34.9 Å². The Morgan fingerprint density at radius 3 is 1.13 bits per heavy atom. The van der Waals surface area contributed by atoms with Crippen LogP contribution >= 0.6 is 34.0 Å². The molecule has 2 fully saturated rings. The van der Waals surface area contributed by atoms with Crippen molar-refractivity contribution in [2.45, 2.75) is 36.5 Å². The fourth-order valence-corrected chi connectivity index (χ4v) is 4.24. The molecule has 2 aliphatic heterocycles. The molecule has 2 heterocycles. The van der Waals surface area contributed by atoms with Crippen LogP contribution in [-0.4, -0.2) is 44.2 Å². The van der Waals surface area contributed by atoms with Gasteiger partial charge in [-0.2, -0.15) is 0 Å². The van der Waals surface area contributed by atoms with Gasteiger partial charge in [0.25, 0.3) is 0 Å². The van der Waals surface area contributed by atoms with Crippen LogP contribution in [0.2, 0.25) is 0 Å². The highest BCUT2D eigenvalue weighted by atomic mass is 79.9. The number of aldehydes is 2. The van der Waals surface area contributed by atoms with Crippen LogP contribution < -0.4 is 10.6 Å². The zero-order valence-electron chi connectivity index (χ0n) is 17.7. The summed E-state index contributed by atoms with van der Waals surface area (Å²) in [5.74, 6) is 0. The molecule has 0 atom stereocenters. The number of piperidine rings is 2. The van der Waals surface area contributed by atoms with E-state index in [-0.39, 0.29) is 50.3 Å². The first-order valence-electron chi connectivity index (χ1n) is 10.2. The van der Waals surface area contributed by atoms with Crippen molar-refractivity contribution in [3.8, 4) is 0 Å². The predicted molar refractivity (Wildman–Crippen MR) is 137 cm³/mol. The van der Waals surface area contributed by atoms with Gasteiger partial charge in [-0.1, -0.05) is 60.7 Å². The topological polar surface area (TPSA) is 89.7 Å². The lowest BCUT2D eigenvalue weighted by molar-refractivity contribution is -0.114. The third-order valence-corrected chi connectivity index (χ3v) is 6.14. The van der Waals surface area contributed by atoms with Gasteiger partial charge in [-0.25, -0.2) is 0 Å². The molecule has 31 heavy (non-hydrogen) atoms. The van der Waals surface area contributed by atoms with Gasteiger partial charge in [-0.15, -0.1) is 34.0 Å². The molecular weight excluding hydrogens is 524 g/mol. The summed E-state index contributed by atoms with van der Waals surface area (Å²) in [5.41, 5.74) is 1.87. The van der Waals surface area contributed by atoms with Gasteiger partial charge in [0.05, 0.1) is 10.8 Å². The molecular formula is C24H34Br2N2O3. The smallest absolute Gasteiger partial charge is 0.130 e. The largest absolute Gasteiger partial charge is 0.412 e. The van der Waals surface area contributed by atoms with Gasteiger partial charge >= 0.3 is 0 Å². The van der Waals surface area contributed by atoms with E-state index in [9.17, 15) is 9.59 Å². The van der Waals surface area contributed by atoms with Gasteiger partial charge in [-0.3, -0.25) is 0 Å². The fraction of sp³-hybridized carbons (Fsp3) is 0.417. The third-order valence-electron chi connectivity index (χ3n) is 6.14. The number of hydrogen-bond donors (Lipinski definition) is 2. The number of rotatable bonds is 4. The summed E-state index contributed by atoms with van der Waals surface area (Å²) in [7, 11) is 0. The molecule has 0 aromatic heterocycles. The van der Waals surface area contributed by atoms with E-state index in [4.69, 9.17) is 0 Å². The highest BCUT2D eigenvalue weighted by Gasteiger charge is 2.34. The minimum absolute atomic E-state index is 0. The zero-order valence-corrected chi connectivity index (χ0v) is 21.1. The quantitative estimate of drug-likeness (QED) is 0.564. The molecule has 4 rings (SSSR count). The van der Waals surface area contributed by atoms with Gasteiger partial charge in [0.15, 0.2) is 0 Å². The summed E-state index contributed by atoms with van der Waals surface area (Å²) in [6.45, 7) is 3.75. The maximum atomic E-state index is 11.3. The molecule has 0 radical (unpaired) electrons. The molecule has 2 aromatic carbocycles. The molecule has 0 amide bonds. The summed E-state index contributed by atoms with van der Waals surface area (Å²) >= 11 is 0. The Kier molecular flexibility index (Phi) is 14.0. The zero-order chi connectivity index (χ0) is 19.7. The molecule has 2 aliphatic rings. The van der Waals surface area contributed by atoms with E-state index in [1.165, 1.54) is 0 Å². The van der Waals surface area contributed by atoms with Gasteiger partial charge in [0, 0.05) is 0 Å². The van der Waals surface area contributed by atoms with Crippen LogP contribution in [-0.2, 0) is 20.4 Å². The molecule has 172 valence electrons. The van der Waals surface area contributed by atoms with E-state index in [0.29, 0.717) is 0 Å². The maximum absolute atomic E-state index is 11.3. The highest BCUT2D eigenvalue weighted by Crippen LogP contribution is 2.31. The Balaban J connectivity index is 0.000000529. The molecule has 0 unspecified atom stereocenters. The second kappa shape index (κ2) is 14.6. The number of carbonyl (C=O) groups is 2. The summed E-state index contributed by atoms with van der Waals surface area (Å²) in [6, 6.07) is 20.2. The maximum Gasteiger partial charge on any atom is 0.130 e. The van der Waals surface area contributed by atoms with Gasteiger partial charge in [-0.05, 0) is 63.0 Å². The molecule has 0 spiro atoms. The number of carbonyl (C=O) groups excluding carboxylic acids is 2. The average Bonchev–Trinajstić information content (AvgIpc) is 2.81. The lowest BCUT2D eigenvalue weighted by Gasteiger charge is -2.32. The Morgan fingerprint density at radius 1 is 0.581 bits per heavy atom. The Bertz CT molecular complexity index is 682. The molecule has 7 heteroatoms. The van der Waals surface area contributed by atoms with E-state index >= 15 is 0 Å². The molecule has 0 aliphatic carbocycles. The summed E-state index contributed by atoms with van der Waals surface area (Å²) in [6.07, 6.45) is 5.92. The van der Waals surface area contributed by atoms with E-state index in [1.54, 1.807) is 0 Å². The lowest BCUT2D eigenvalue weighted by Crippen LogP contribution is -2.40. The third kappa shape index (κ3) is 7.32. The SMILES string of the molecule is Br.Br.O.O=CC1(c2ccccc2)CCNCC1.O=CC1(c2ccccc2)CCNCC1. The van der Waals surface area contributed by atoms with Crippen LogP contribution in [0.3, 0.4) is 0 Å². The number of halogens is 2. The van der Waals surface area contributed by atoms with Crippen molar-refractivity contribution in [2.24, 2.45) is 0 Å². The molecule has 2 aromatic rings. The summed E-state index contributed by atoms with van der Waals surface area (Å²) in [5, 5.41) is 6.57. The van der Waals surface area contributed by atoms with Gasteiger partial charge < -0.3 is 25.7 Å². The van der Waals surface area contributed by atoms with Crippen LogP contribution in [0.15, 0.2) is 60.7 Å². The number of nitrogens with one attached hydrogen (secondary N) is 2. The van der Waals surface area contributed by atoms with Crippen molar-refractivity contribution < 1.29 is 15.1 Å². The van der Waals surface area contributed by atoms with E-state index in [1.807, 2.05) is 36.4 Å². The van der Waals surface area contributed by atoms with Gasteiger partial charge in [0.1, 0.15) is 12.6 Å². The first-order chi connectivity index (χ1) is 13.7. The van der Waals surface area contributed by atoms with E-state index < -0.39 is 0 Å². The van der Waals surface area contributed by atoms with Gasteiger partial charge in [0.2, 0.25) is 0 Å². The Labute approximate surface area is 206 Å².